The predicted molar refractivity (Wildman–Crippen MR) is 285 cm³/mol. The number of furan rings is 1. The van der Waals surface area contributed by atoms with E-state index < -0.39 is 5.60 Å². The number of nitrogens with zero attached hydrogens (tertiary/aromatic N) is 6. The second-order valence-corrected chi connectivity index (χ2v) is 19.0. The Hall–Kier alpha value is -9.18. The number of hydrogen-bond donors (Lipinski definition) is 0. The third kappa shape index (κ3) is 6.89. The average molecular weight is 931 g/mol. The molecule has 71 heavy (non-hydrogen) atoms. The average Bonchev–Trinajstić information content (AvgIpc) is 4.02. The molecule has 0 radical (unpaired) electrons. The molecule has 4 aromatic heterocycles. The normalized spacial score (nSPS) is 14.2. The van der Waals surface area contributed by atoms with E-state index >= 15 is 0 Å². The maximum absolute atomic E-state index is 7.33. The first kappa shape index (κ1) is 40.8. The second kappa shape index (κ2) is 16.2. The minimum Gasteiger partial charge on any atom is -0.477 e. The van der Waals surface area contributed by atoms with Crippen molar-refractivity contribution in [1.82, 2.24) is 29.9 Å². The molecule has 0 bridgehead atoms. The van der Waals surface area contributed by atoms with Gasteiger partial charge in [-0.15, -0.1) is 11.3 Å². The van der Waals surface area contributed by atoms with Gasteiger partial charge in [-0.1, -0.05) is 158 Å². The van der Waals surface area contributed by atoms with Gasteiger partial charge in [0.15, 0.2) is 40.5 Å². The standard InChI is InChI=1S/C62H38N6O2S/c1-62(42-20-9-4-10-21-42)50-35-40(59-64-56(37-16-5-2-6-17-37)63-57(65-59)38-18-7-3-8-19-38)28-31-43(50)45-32-29-41(36-52(45)70-62)60-66-58(39-30-33-54-49(34-39)46-23-12-14-27-53(46)71-54)67-61(68-60)48-25-15-24-47-44-22-11-13-26-51(44)69-55(47)48/h2-36H,1H3. The summed E-state index contributed by atoms with van der Waals surface area (Å²) in [5.74, 6) is 4.08. The summed E-state index contributed by atoms with van der Waals surface area (Å²) in [6, 6.07) is 72.4. The Morgan fingerprint density at radius 3 is 1.59 bits per heavy atom. The summed E-state index contributed by atoms with van der Waals surface area (Å²) in [5.41, 5.74) is 9.74. The Balaban J connectivity index is 0.936. The van der Waals surface area contributed by atoms with E-state index in [1.807, 2.05) is 97.1 Å². The van der Waals surface area contributed by atoms with Crippen molar-refractivity contribution in [2.45, 2.75) is 12.5 Å². The van der Waals surface area contributed by atoms with Crippen LogP contribution in [0.5, 0.6) is 5.75 Å². The van der Waals surface area contributed by atoms with E-state index in [-0.39, 0.29) is 0 Å². The van der Waals surface area contributed by atoms with Crippen LogP contribution in [0.1, 0.15) is 18.1 Å². The van der Waals surface area contributed by atoms with Gasteiger partial charge in [-0.25, -0.2) is 29.9 Å². The zero-order chi connectivity index (χ0) is 47.0. The summed E-state index contributed by atoms with van der Waals surface area (Å²) >= 11 is 1.79. The van der Waals surface area contributed by atoms with Crippen molar-refractivity contribution in [3.05, 3.63) is 223 Å². The number of fused-ring (bicyclic) bond motifs is 9. The van der Waals surface area contributed by atoms with Crippen molar-refractivity contribution in [1.29, 1.82) is 0 Å². The molecule has 1 atom stereocenters. The summed E-state index contributed by atoms with van der Waals surface area (Å²) < 4.78 is 16.3. The van der Waals surface area contributed by atoms with Gasteiger partial charge in [0, 0.05) is 69.9 Å². The zero-order valence-corrected chi connectivity index (χ0v) is 38.9. The van der Waals surface area contributed by atoms with Gasteiger partial charge < -0.3 is 9.15 Å². The number of hydrogen-bond acceptors (Lipinski definition) is 9. The van der Waals surface area contributed by atoms with Gasteiger partial charge in [0.2, 0.25) is 0 Å². The fraction of sp³-hybridized carbons (Fsp3) is 0.0323. The van der Waals surface area contributed by atoms with Crippen LogP contribution in [0.3, 0.4) is 0 Å². The monoisotopic (exact) mass is 930 g/mol. The van der Waals surface area contributed by atoms with E-state index in [9.17, 15) is 0 Å². The highest BCUT2D eigenvalue weighted by Gasteiger charge is 2.39. The first-order valence-electron chi connectivity index (χ1n) is 23.5. The van der Waals surface area contributed by atoms with Gasteiger partial charge in [-0.2, -0.15) is 0 Å². The Kier molecular flexibility index (Phi) is 9.33. The fourth-order valence-corrected chi connectivity index (χ4v) is 11.1. The van der Waals surface area contributed by atoms with Gasteiger partial charge in [0.1, 0.15) is 16.9 Å². The van der Waals surface area contributed by atoms with Crippen LogP contribution in [0.15, 0.2) is 217 Å². The molecule has 334 valence electrons. The van der Waals surface area contributed by atoms with Gasteiger partial charge in [-0.3, -0.25) is 0 Å². The number of thiophene rings is 1. The molecule has 9 heteroatoms. The van der Waals surface area contributed by atoms with Crippen LogP contribution < -0.4 is 4.74 Å². The smallest absolute Gasteiger partial charge is 0.167 e. The zero-order valence-electron chi connectivity index (χ0n) is 38.1. The quantitative estimate of drug-likeness (QED) is 0.156. The largest absolute Gasteiger partial charge is 0.477 e. The number of para-hydroxylation sites is 2. The van der Waals surface area contributed by atoms with Gasteiger partial charge >= 0.3 is 0 Å². The minimum atomic E-state index is -0.916. The number of ether oxygens (including phenoxy) is 1. The fourth-order valence-electron chi connectivity index (χ4n) is 10.0. The van der Waals surface area contributed by atoms with Gasteiger partial charge in [-0.05, 0) is 72.6 Å². The summed E-state index contributed by atoms with van der Waals surface area (Å²) in [6.45, 7) is 2.14. The Bertz CT molecular complexity index is 4170. The van der Waals surface area contributed by atoms with Crippen LogP contribution in [0.4, 0.5) is 0 Å². The van der Waals surface area contributed by atoms with Crippen molar-refractivity contribution in [3.63, 3.8) is 0 Å². The number of aromatic nitrogens is 6. The van der Waals surface area contributed by atoms with Crippen LogP contribution in [0, 0.1) is 0 Å². The van der Waals surface area contributed by atoms with E-state index in [2.05, 4.69) is 122 Å². The molecule has 0 fully saturated rings. The molecule has 5 heterocycles. The topological polar surface area (TPSA) is 99.7 Å². The first-order chi connectivity index (χ1) is 35.0. The summed E-state index contributed by atoms with van der Waals surface area (Å²) in [5, 5.41) is 4.41. The molecular formula is C62H38N6O2S. The van der Waals surface area contributed by atoms with Crippen LogP contribution in [0.2, 0.25) is 0 Å². The molecule has 0 aliphatic carbocycles. The molecule has 0 N–H and O–H groups in total. The van der Waals surface area contributed by atoms with Gasteiger partial charge in [0.25, 0.3) is 0 Å². The third-order valence-electron chi connectivity index (χ3n) is 13.6. The Morgan fingerprint density at radius 1 is 0.366 bits per heavy atom. The maximum Gasteiger partial charge on any atom is 0.167 e. The highest BCUT2D eigenvalue weighted by atomic mass is 32.1. The van der Waals surface area contributed by atoms with Crippen LogP contribution >= 0.6 is 11.3 Å². The van der Waals surface area contributed by atoms with Gasteiger partial charge in [0.05, 0.1) is 5.56 Å². The number of rotatable bonds is 7. The van der Waals surface area contributed by atoms with Crippen LogP contribution in [-0.2, 0) is 5.60 Å². The van der Waals surface area contributed by atoms with E-state index in [4.69, 9.17) is 39.1 Å². The molecule has 1 unspecified atom stereocenters. The molecule has 9 aromatic carbocycles. The summed E-state index contributed by atoms with van der Waals surface area (Å²) in [7, 11) is 0. The SMILES string of the molecule is CC1(c2ccccc2)Oc2cc(-c3nc(-c4ccc5sc6ccccc6c5c4)nc(-c4cccc5c4oc4ccccc45)n3)ccc2-c2ccc(-c3nc(-c4ccccc4)nc(-c4ccccc4)n3)cc21. The molecule has 0 spiro atoms. The number of benzene rings is 9. The molecule has 0 saturated heterocycles. The summed E-state index contributed by atoms with van der Waals surface area (Å²) in [4.78, 5) is 30.9. The lowest BCUT2D eigenvalue weighted by molar-refractivity contribution is 0.129. The maximum atomic E-state index is 7.33. The van der Waals surface area contributed by atoms with E-state index in [0.29, 0.717) is 40.7 Å². The molecule has 1 aliphatic rings. The van der Waals surface area contributed by atoms with Crippen molar-refractivity contribution in [3.8, 4) is 85.2 Å². The summed E-state index contributed by atoms with van der Waals surface area (Å²) in [6.07, 6.45) is 0. The second-order valence-electron chi connectivity index (χ2n) is 17.9. The van der Waals surface area contributed by atoms with E-state index in [0.717, 1.165) is 77.6 Å². The molecule has 1 aliphatic heterocycles. The lowest BCUT2D eigenvalue weighted by atomic mass is 9.79. The highest BCUT2D eigenvalue weighted by molar-refractivity contribution is 7.25. The molecular weight excluding hydrogens is 893 g/mol. The molecule has 8 nitrogen and oxygen atoms in total. The van der Waals surface area contributed by atoms with Crippen molar-refractivity contribution >= 4 is 53.4 Å². The Morgan fingerprint density at radius 2 is 0.887 bits per heavy atom. The Labute approximate surface area is 411 Å². The van der Waals surface area contributed by atoms with E-state index in [1.54, 1.807) is 11.3 Å². The van der Waals surface area contributed by atoms with Crippen molar-refractivity contribution < 1.29 is 9.15 Å². The van der Waals surface area contributed by atoms with Crippen LogP contribution in [0.25, 0.3) is 122 Å². The molecule has 0 saturated carbocycles. The molecule has 0 amide bonds. The lowest BCUT2D eigenvalue weighted by Crippen LogP contribution is -2.34. The van der Waals surface area contributed by atoms with Crippen LogP contribution in [-0.4, -0.2) is 29.9 Å². The predicted octanol–water partition coefficient (Wildman–Crippen LogP) is 15.6. The first-order valence-corrected chi connectivity index (χ1v) is 24.3. The van der Waals surface area contributed by atoms with Crippen molar-refractivity contribution in [2.24, 2.45) is 0 Å². The van der Waals surface area contributed by atoms with E-state index in [1.165, 1.54) is 20.2 Å². The third-order valence-corrected chi connectivity index (χ3v) is 14.7. The molecule has 14 rings (SSSR count). The lowest BCUT2D eigenvalue weighted by Gasteiger charge is -2.38. The highest BCUT2D eigenvalue weighted by Crippen LogP contribution is 2.50. The van der Waals surface area contributed by atoms with Crippen molar-refractivity contribution in [2.75, 3.05) is 0 Å². The minimum absolute atomic E-state index is 0.514. The molecule has 13 aromatic rings.